The van der Waals surface area contributed by atoms with Gasteiger partial charge in [0.05, 0.1) is 5.75 Å². The monoisotopic (exact) mass is 229 g/mol. The third-order valence-electron chi connectivity index (χ3n) is 2.20. The minimum Gasteiger partial charge on any atom is -0.339 e. The maximum absolute atomic E-state index is 5.54. The van der Waals surface area contributed by atoms with Gasteiger partial charge in [-0.15, -0.1) is 0 Å². The van der Waals surface area contributed by atoms with Crippen LogP contribution in [0.3, 0.4) is 0 Å². The van der Waals surface area contributed by atoms with Crippen LogP contribution in [0.25, 0.3) is 0 Å². The quantitative estimate of drug-likeness (QED) is 0.773. The molecule has 5 heteroatoms. The Kier molecular flexibility index (Phi) is 5.71. The van der Waals surface area contributed by atoms with E-state index in [0.717, 1.165) is 36.1 Å². The fourth-order valence-electron chi connectivity index (χ4n) is 1.13. The van der Waals surface area contributed by atoms with Crippen LogP contribution in [0.1, 0.15) is 32.0 Å². The van der Waals surface area contributed by atoms with E-state index in [1.54, 1.807) is 11.8 Å². The van der Waals surface area contributed by atoms with Crippen LogP contribution in [-0.2, 0) is 12.2 Å². The molecule has 15 heavy (non-hydrogen) atoms. The molecule has 0 amide bonds. The third kappa shape index (κ3) is 4.66. The Bertz CT molecular complexity index is 277. The van der Waals surface area contributed by atoms with E-state index >= 15 is 0 Å². The molecule has 0 aliphatic carbocycles. The van der Waals surface area contributed by atoms with Gasteiger partial charge in [-0.05, 0) is 24.6 Å². The second-order valence-electron chi connectivity index (χ2n) is 3.62. The molecule has 1 atom stereocenters. The standard InChI is InChI=1S/C10H19N3OS/c1-3-15-7-9-12-10(14-13-9)5-4-8(2)6-11/h8H,3-7,11H2,1-2H3. The fraction of sp³-hybridized carbons (Fsp3) is 0.800. The topological polar surface area (TPSA) is 64.9 Å². The number of nitrogens with two attached hydrogens (primary N) is 1. The van der Waals surface area contributed by atoms with E-state index < -0.39 is 0 Å². The molecular weight excluding hydrogens is 210 g/mol. The molecule has 1 rings (SSSR count). The molecule has 86 valence electrons. The molecule has 1 aromatic heterocycles. The lowest BCUT2D eigenvalue weighted by Gasteiger charge is -2.03. The zero-order valence-electron chi connectivity index (χ0n) is 9.40. The number of nitrogens with zero attached hydrogens (tertiary/aromatic N) is 2. The van der Waals surface area contributed by atoms with Gasteiger partial charge in [0.25, 0.3) is 0 Å². The van der Waals surface area contributed by atoms with Crippen molar-refractivity contribution in [2.24, 2.45) is 11.7 Å². The molecule has 0 aliphatic rings. The molecular formula is C10H19N3OS. The Hall–Kier alpha value is -0.550. The lowest BCUT2D eigenvalue weighted by atomic mass is 10.1. The van der Waals surface area contributed by atoms with Crippen molar-refractivity contribution in [3.05, 3.63) is 11.7 Å². The minimum atomic E-state index is 0.519. The lowest BCUT2D eigenvalue weighted by molar-refractivity contribution is 0.362. The van der Waals surface area contributed by atoms with Crippen molar-refractivity contribution >= 4 is 11.8 Å². The van der Waals surface area contributed by atoms with Gasteiger partial charge >= 0.3 is 0 Å². The van der Waals surface area contributed by atoms with Gasteiger partial charge in [0.15, 0.2) is 5.82 Å². The SMILES string of the molecule is CCSCc1noc(CCC(C)CN)n1. The van der Waals surface area contributed by atoms with Crippen LogP contribution in [0.2, 0.25) is 0 Å². The Labute approximate surface area is 95.0 Å². The van der Waals surface area contributed by atoms with Crippen LogP contribution in [0.4, 0.5) is 0 Å². The zero-order chi connectivity index (χ0) is 11.1. The number of aromatic nitrogens is 2. The second-order valence-corrected chi connectivity index (χ2v) is 4.90. The number of aryl methyl sites for hydroxylation is 1. The minimum absolute atomic E-state index is 0.519. The van der Waals surface area contributed by atoms with E-state index in [1.807, 2.05) is 0 Å². The molecule has 1 unspecified atom stereocenters. The molecule has 0 aromatic carbocycles. The summed E-state index contributed by atoms with van der Waals surface area (Å²) in [5.41, 5.74) is 5.54. The van der Waals surface area contributed by atoms with Gasteiger partial charge in [-0.3, -0.25) is 0 Å². The number of hydrogen-bond donors (Lipinski definition) is 1. The van der Waals surface area contributed by atoms with Gasteiger partial charge < -0.3 is 10.3 Å². The van der Waals surface area contributed by atoms with Gasteiger partial charge in [0.2, 0.25) is 5.89 Å². The van der Waals surface area contributed by atoms with Crippen molar-refractivity contribution in [3.63, 3.8) is 0 Å². The summed E-state index contributed by atoms with van der Waals surface area (Å²) in [7, 11) is 0. The van der Waals surface area contributed by atoms with Gasteiger partial charge in [-0.1, -0.05) is 19.0 Å². The molecule has 2 N–H and O–H groups in total. The predicted octanol–water partition coefficient (Wildman–Crippen LogP) is 1.85. The maximum atomic E-state index is 5.54. The molecule has 1 aromatic rings. The van der Waals surface area contributed by atoms with Gasteiger partial charge in [0, 0.05) is 6.42 Å². The van der Waals surface area contributed by atoms with Crippen molar-refractivity contribution in [2.45, 2.75) is 32.4 Å². The fourth-order valence-corrected chi connectivity index (χ4v) is 1.64. The van der Waals surface area contributed by atoms with Crippen molar-refractivity contribution in [1.29, 1.82) is 0 Å². The first-order chi connectivity index (χ1) is 7.26. The molecule has 0 fully saturated rings. The molecule has 0 spiro atoms. The normalized spacial score (nSPS) is 13.0. The summed E-state index contributed by atoms with van der Waals surface area (Å²) in [5.74, 6) is 3.98. The molecule has 0 saturated carbocycles. The predicted molar refractivity (Wildman–Crippen MR) is 62.7 cm³/mol. The third-order valence-corrected chi connectivity index (χ3v) is 3.07. The summed E-state index contributed by atoms with van der Waals surface area (Å²) < 4.78 is 5.14. The highest BCUT2D eigenvalue weighted by Crippen LogP contribution is 2.11. The molecule has 0 bridgehead atoms. The first kappa shape index (κ1) is 12.5. The van der Waals surface area contributed by atoms with E-state index in [2.05, 4.69) is 24.0 Å². The molecule has 4 nitrogen and oxygen atoms in total. The van der Waals surface area contributed by atoms with E-state index in [1.165, 1.54) is 0 Å². The first-order valence-corrected chi connectivity index (χ1v) is 6.51. The van der Waals surface area contributed by atoms with E-state index in [0.29, 0.717) is 12.5 Å². The summed E-state index contributed by atoms with van der Waals surface area (Å²) in [5, 5.41) is 3.92. The maximum Gasteiger partial charge on any atom is 0.226 e. The molecule has 0 aliphatic heterocycles. The van der Waals surface area contributed by atoms with Crippen LogP contribution >= 0.6 is 11.8 Å². The van der Waals surface area contributed by atoms with Crippen molar-refractivity contribution < 1.29 is 4.52 Å². The van der Waals surface area contributed by atoms with Crippen LogP contribution in [0, 0.1) is 5.92 Å². The zero-order valence-corrected chi connectivity index (χ0v) is 10.2. The van der Waals surface area contributed by atoms with Gasteiger partial charge in [-0.25, -0.2) is 0 Å². The smallest absolute Gasteiger partial charge is 0.226 e. The van der Waals surface area contributed by atoms with E-state index in [9.17, 15) is 0 Å². The van der Waals surface area contributed by atoms with Crippen molar-refractivity contribution in [1.82, 2.24) is 10.1 Å². The molecule has 0 radical (unpaired) electrons. The summed E-state index contributed by atoms with van der Waals surface area (Å²) in [4.78, 5) is 4.31. The van der Waals surface area contributed by atoms with Crippen LogP contribution < -0.4 is 5.73 Å². The Morgan fingerprint density at radius 1 is 1.53 bits per heavy atom. The molecule has 1 heterocycles. The van der Waals surface area contributed by atoms with Crippen molar-refractivity contribution in [2.75, 3.05) is 12.3 Å². The highest BCUT2D eigenvalue weighted by atomic mass is 32.2. The number of rotatable bonds is 7. The summed E-state index contributed by atoms with van der Waals surface area (Å²) in [6, 6.07) is 0. The largest absolute Gasteiger partial charge is 0.339 e. The van der Waals surface area contributed by atoms with E-state index in [-0.39, 0.29) is 0 Å². The van der Waals surface area contributed by atoms with Crippen molar-refractivity contribution in [3.8, 4) is 0 Å². The average Bonchev–Trinajstić information content (AvgIpc) is 2.71. The van der Waals surface area contributed by atoms with E-state index in [4.69, 9.17) is 10.3 Å². The van der Waals surface area contributed by atoms with Gasteiger partial charge in [-0.2, -0.15) is 16.7 Å². The Morgan fingerprint density at radius 3 is 3.00 bits per heavy atom. The van der Waals surface area contributed by atoms with Crippen LogP contribution in [-0.4, -0.2) is 22.4 Å². The number of hydrogen-bond acceptors (Lipinski definition) is 5. The van der Waals surface area contributed by atoms with Crippen LogP contribution in [0.5, 0.6) is 0 Å². The summed E-state index contributed by atoms with van der Waals surface area (Å²) in [6.07, 6.45) is 1.85. The lowest BCUT2D eigenvalue weighted by Crippen LogP contribution is -2.11. The van der Waals surface area contributed by atoms with Crippen LogP contribution in [0.15, 0.2) is 4.52 Å². The first-order valence-electron chi connectivity index (χ1n) is 5.35. The molecule has 0 saturated heterocycles. The summed E-state index contributed by atoms with van der Waals surface area (Å²) in [6.45, 7) is 4.96. The Morgan fingerprint density at radius 2 is 2.33 bits per heavy atom. The summed E-state index contributed by atoms with van der Waals surface area (Å²) >= 11 is 1.80. The highest BCUT2D eigenvalue weighted by molar-refractivity contribution is 7.98. The average molecular weight is 229 g/mol. The van der Waals surface area contributed by atoms with Gasteiger partial charge in [0.1, 0.15) is 0 Å². The Balaban J connectivity index is 2.32. The number of thioether (sulfide) groups is 1. The second kappa shape index (κ2) is 6.85. The highest BCUT2D eigenvalue weighted by Gasteiger charge is 2.07.